The molecule has 0 aromatic heterocycles. The molecule has 2 heterocycles. The lowest BCUT2D eigenvalue weighted by atomic mass is 9.82. The maximum absolute atomic E-state index is 9.31. The van der Waals surface area contributed by atoms with Gasteiger partial charge in [-0.1, -0.05) is 13.8 Å². The zero-order valence-electron chi connectivity index (χ0n) is 12.9. The van der Waals surface area contributed by atoms with Crippen molar-refractivity contribution in [3.05, 3.63) is 0 Å². The summed E-state index contributed by atoms with van der Waals surface area (Å²) >= 11 is 0. The van der Waals surface area contributed by atoms with Gasteiger partial charge in [-0.3, -0.25) is 0 Å². The molecule has 2 saturated heterocycles. The molecule has 0 bridgehead atoms. The normalized spacial score (nSPS) is 30.4. The van der Waals surface area contributed by atoms with E-state index in [1.54, 1.807) is 0 Å². The number of hydrogen-bond donors (Lipinski definition) is 0. The van der Waals surface area contributed by atoms with Gasteiger partial charge in [0.1, 0.15) is 0 Å². The molecule has 0 saturated carbocycles. The van der Waals surface area contributed by atoms with Crippen molar-refractivity contribution in [2.24, 2.45) is 10.8 Å². The van der Waals surface area contributed by atoms with E-state index in [9.17, 15) is 5.26 Å². The molecule has 108 valence electrons. The third-order valence-corrected chi connectivity index (χ3v) is 4.55. The molecular formula is C16H29N3. The summed E-state index contributed by atoms with van der Waals surface area (Å²) < 4.78 is 0. The standard InChI is InChI=1S/C16H29N3/c1-15(2,12-18-8-4-5-9-18)13-19-10-6-7-16(3,11-17)14-19/h4-10,12-14H2,1-3H3. The predicted octanol–water partition coefficient (Wildman–Crippen LogP) is 2.73. The Morgan fingerprint density at radius 1 is 1.05 bits per heavy atom. The van der Waals surface area contributed by atoms with Gasteiger partial charge in [-0.25, -0.2) is 0 Å². The average molecular weight is 263 g/mol. The Hall–Kier alpha value is -0.590. The molecule has 0 spiro atoms. The van der Waals surface area contributed by atoms with Crippen LogP contribution in [0.15, 0.2) is 0 Å². The third kappa shape index (κ3) is 4.19. The largest absolute Gasteiger partial charge is 0.303 e. The number of piperidine rings is 1. The summed E-state index contributed by atoms with van der Waals surface area (Å²) in [6.45, 7) is 13.9. The van der Waals surface area contributed by atoms with Crippen molar-refractivity contribution in [1.82, 2.24) is 9.80 Å². The predicted molar refractivity (Wildman–Crippen MR) is 78.8 cm³/mol. The molecule has 19 heavy (non-hydrogen) atoms. The van der Waals surface area contributed by atoms with E-state index in [0.29, 0.717) is 5.41 Å². The van der Waals surface area contributed by atoms with Crippen molar-refractivity contribution in [2.75, 3.05) is 39.3 Å². The highest BCUT2D eigenvalue weighted by atomic mass is 15.2. The molecule has 0 aliphatic carbocycles. The molecule has 3 heteroatoms. The summed E-state index contributed by atoms with van der Waals surface area (Å²) in [5.74, 6) is 0. The molecule has 0 aromatic carbocycles. The summed E-state index contributed by atoms with van der Waals surface area (Å²) in [5, 5.41) is 9.31. The van der Waals surface area contributed by atoms with Gasteiger partial charge in [-0.05, 0) is 57.7 Å². The maximum Gasteiger partial charge on any atom is 0.0700 e. The topological polar surface area (TPSA) is 30.3 Å². The Balaban J connectivity index is 1.86. The van der Waals surface area contributed by atoms with E-state index in [1.807, 2.05) is 0 Å². The summed E-state index contributed by atoms with van der Waals surface area (Å²) in [6.07, 6.45) is 4.97. The third-order valence-electron chi connectivity index (χ3n) is 4.55. The monoisotopic (exact) mass is 263 g/mol. The van der Waals surface area contributed by atoms with E-state index < -0.39 is 0 Å². The Morgan fingerprint density at radius 2 is 1.63 bits per heavy atom. The van der Waals surface area contributed by atoms with Crippen LogP contribution < -0.4 is 0 Å². The van der Waals surface area contributed by atoms with Crippen molar-refractivity contribution < 1.29 is 0 Å². The van der Waals surface area contributed by atoms with Crippen LogP contribution in [0.1, 0.15) is 46.5 Å². The Kier molecular flexibility index (Phi) is 4.53. The first-order valence-corrected chi connectivity index (χ1v) is 7.79. The van der Waals surface area contributed by atoms with Crippen LogP contribution in [0.3, 0.4) is 0 Å². The van der Waals surface area contributed by atoms with E-state index in [2.05, 4.69) is 36.6 Å². The number of hydrogen-bond acceptors (Lipinski definition) is 3. The SMILES string of the molecule is CC(C)(CN1CCCC1)CN1CCCC(C)(C#N)C1. The Morgan fingerprint density at radius 3 is 2.26 bits per heavy atom. The fourth-order valence-corrected chi connectivity index (χ4v) is 3.77. The van der Waals surface area contributed by atoms with Crippen molar-refractivity contribution in [3.63, 3.8) is 0 Å². The molecule has 1 unspecified atom stereocenters. The van der Waals surface area contributed by atoms with E-state index in [4.69, 9.17) is 0 Å². The van der Waals surface area contributed by atoms with Crippen molar-refractivity contribution in [2.45, 2.75) is 46.5 Å². The van der Waals surface area contributed by atoms with Gasteiger partial charge in [0.05, 0.1) is 11.5 Å². The average Bonchev–Trinajstić information content (AvgIpc) is 2.80. The lowest BCUT2D eigenvalue weighted by molar-refractivity contribution is 0.0811. The zero-order chi connectivity index (χ0) is 13.9. The first-order chi connectivity index (χ1) is 8.92. The summed E-state index contributed by atoms with van der Waals surface area (Å²) in [5.41, 5.74) is 0.208. The van der Waals surface area contributed by atoms with Gasteiger partial charge in [0.25, 0.3) is 0 Å². The minimum Gasteiger partial charge on any atom is -0.303 e. The molecule has 0 aromatic rings. The first kappa shape index (κ1) is 14.8. The maximum atomic E-state index is 9.31. The van der Waals surface area contributed by atoms with Crippen LogP contribution in [0.5, 0.6) is 0 Å². The van der Waals surface area contributed by atoms with E-state index >= 15 is 0 Å². The first-order valence-electron chi connectivity index (χ1n) is 7.79. The smallest absolute Gasteiger partial charge is 0.0700 e. The summed E-state index contributed by atoms with van der Waals surface area (Å²) in [6, 6.07) is 2.52. The molecule has 2 rings (SSSR count). The molecule has 0 radical (unpaired) electrons. The van der Waals surface area contributed by atoms with Gasteiger partial charge < -0.3 is 9.80 Å². The summed E-state index contributed by atoms with van der Waals surface area (Å²) in [4.78, 5) is 5.12. The van der Waals surface area contributed by atoms with Crippen LogP contribution in [-0.2, 0) is 0 Å². The van der Waals surface area contributed by atoms with Crippen LogP contribution in [0.4, 0.5) is 0 Å². The second-order valence-corrected chi connectivity index (χ2v) is 7.63. The summed E-state index contributed by atoms with van der Waals surface area (Å²) in [7, 11) is 0. The molecular weight excluding hydrogens is 234 g/mol. The lowest BCUT2D eigenvalue weighted by Gasteiger charge is -2.41. The van der Waals surface area contributed by atoms with E-state index in [1.165, 1.54) is 45.4 Å². The lowest BCUT2D eigenvalue weighted by Crippen LogP contribution is -2.47. The van der Waals surface area contributed by atoms with Crippen LogP contribution >= 0.6 is 0 Å². The Bertz CT molecular complexity index is 338. The highest BCUT2D eigenvalue weighted by molar-refractivity contribution is 5.00. The van der Waals surface area contributed by atoms with Gasteiger partial charge in [0.2, 0.25) is 0 Å². The second-order valence-electron chi connectivity index (χ2n) is 7.63. The molecule has 2 aliphatic rings. The number of likely N-dealkylation sites (tertiary alicyclic amines) is 2. The highest BCUT2D eigenvalue weighted by Gasteiger charge is 2.34. The van der Waals surface area contributed by atoms with Crippen molar-refractivity contribution in [1.29, 1.82) is 5.26 Å². The van der Waals surface area contributed by atoms with Gasteiger partial charge in [-0.2, -0.15) is 5.26 Å². The molecule has 0 amide bonds. The number of nitrogens with zero attached hydrogens (tertiary/aromatic N) is 3. The fourth-order valence-electron chi connectivity index (χ4n) is 3.77. The molecule has 2 aliphatic heterocycles. The second kappa shape index (κ2) is 5.81. The minimum absolute atomic E-state index is 0.123. The molecule has 1 atom stereocenters. The molecule has 2 fully saturated rings. The zero-order valence-corrected chi connectivity index (χ0v) is 12.9. The van der Waals surface area contributed by atoms with Crippen LogP contribution in [0.25, 0.3) is 0 Å². The minimum atomic E-state index is -0.123. The van der Waals surface area contributed by atoms with Crippen LogP contribution in [-0.4, -0.2) is 49.1 Å². The number of nitriles is 1. The van der Waals surface area contributed by atoms with Gasteiger partial charge in [0, 0.05) is 19.6 Å². The highest BCUT2D eigenvalue weighted by Crippen LogP contribution is 2.31. The van der Waals surface area contributed by atoms with Gasteiger partial charge in [-0.15, -0.1) is 0 Å². The fraction of sp³-hybridized carbons (Fsp3) is 0.938. The van der Waals surface area contributed by atoms with Gasteiger partial charge in [0.15, 0.2) is 0 Å². The van der Waals surface area contributed by atoms with Crippen LogP contribution in [0.2, 0.25) is 0 Å². The van der Waals surface area contributed by atoms with E-state index in [-0.39, 0.29) is 5.41 Å². The molecule has 3 nitrogen and oxygen atoms in total. The molecule has 0 N–H and O–H groups in total. The van der Waals surface area contributed by atoms with Gasteiger partial charge >= 0.3 is 0 Å². The number of rotatable bonds is 4. The van der Waals surface area contributed by atoms with Crippen molar-refractivity contribution in [3.8, 4) is 6.07 Å². The Labute approximate surface area is 118 Å². The van der Waals surface area contributed by atoms with Crippen LogP contribution in [0, 0.1) is 22.2 Å². The quantitative estimate of drug-likeness (QED) is 0.781. The van der Waals surface area contributed by atoms with Crippen molar-refractivity contribution >= 4 is 0 Å². The van der Waals surface area contributed by atoms with E-state index in [0.717, 1.165) is 19.5 Å².